The van der Waals surface area contributed by atoms with E-state index in [0.717, 1.165) is 12.8 Å². The van der Waals surface area contributed by atoms with Crippen LogP contribution in [-0.4, -0.2) is 60.8 Å². The van der Waals surface area contributed by atoms with Crippen molar-refractivity contribution in [2.45, 2.75) is 32.6 Å². The molecule has 7 heteroatoms. The molecule has 2 aliphatic rings. The maximum Gasteiger partial charge on any atom is 0.227 e. The number of hydrogen-bond donors (Lipinski definition) is 1. The predicted molar refractivity (Wildman–Crippen MR) is 106 cm³/mol. The van der Waals surface area contributed by atoms with Crippen molar-refractivity contribution in [3.8, 4) is 5.75 Å². The van der Waals surface area contributed by atoms with Crippen LogP contribution in [0.2, 0.25) is 0 Å². The normalized spacial score (nSPS) is 22.5. The van der Waals surface area contributed by atoms with Gasteiger partial charge in [0.1, 0.15) is 5.75 Å². The van der Waals surface area contributed by atoms with E-state index in [-0.39, 0.29) is 29.6 Å². The Morgan fingerprint density at radius 2 is 1.50 bits per heavy atom. The van der Waals surface area contributed by atoms with Gasteiger partial charge in [-0.2, -0.15) is 0 Å². The second kappa shape index (κ2) is 9.08. The molecule has 1 N–H and O–H groups in total. The number of piperazine rings is 1. The van der Waals surface area contributed by atoms with Crippen molar-refractivity contribution in [1.82, 2.24) is 9.80 Å². The number of nitrogens with one attached hydrogen (secondary N) is 1. The molecule has 0 unspecified atom stereocenters. The molecule has 152 valence electrons. The van der Waals surface area contributed by atoms with Gasteiger partial charge < -0.3 is 19.9 Å². The molecule has 3 rings (SSSR count). The number of carbonyl (C=O) groups excluding carboxylic acids is 3. The van der Waals surface area contributed by atoms with Crippen molar-refractivity contribution >= 4 is 23.4 Å². The van der Waals surface area contributed by atoms with Gasteiger partial charge in [0.25, 0.3) is 0 Å². The van der Waals surface area contributed by atoms with Crippen LogP contribution in [0.5, 0.6) is 5.75 Å². The van der Waals surface area contributed by atoms with Crippen LogP contribution in [-0.2, 0) is 14.4 Å². The van der Waals surface area contributed by atoms with Crippen molar-refractivity contribution in [3.05, 3.63) is 24.3 Å². The van der Waals surface area contributed by atoms with Gasteiger partial charge in [-0.3, -0.25) is 14.4 Å². The largest absolute Gasteiger partial charge is 0.495 e. The van der Waals surface area contributed by atoms with Crippen LogP contribution in [0.4, 0.5) is 5.69 Å². The number of ether oxygens (including phenoxy) is 1. The van der Waals surface area contributed by atoms with Crippen molar-refractivity contribution in [3.63, 3.8) is 0 Å². The second-order valence-electron chi connectivity index (χ2n) is 7.57. The summed E-state index contributed by atoms with van der Waals surface area (Å²) in [6.45, 7) is 3.99. The SMILES string of the molecule is COc1ccccc1NC(=O)C1CCC(C(=O)N2CCN(C(C)=O)CC2)CC1. The predicted octanol–water partition coefficient (Wildman–Crippen LogP) is 2.13. The first kappa shape index (κ1) is 20.2. The molecular weight excluding hydrogens is 358 g/mol. The molecule has 28 heavy (non-hydrogen) atoms. The highest BCUT2D eigenvalue weighted by Crippen LogP contribution is 2.32. The van der Waals surface area contributed by atoms with Crippen LogP contribution in [0.25, 0.3) is 0 Å². The molecular formula is C21H29N3O4. The summed E-state index contributed by atoms with van der Waals surface area (Å²) in [5.74, 6) is 0.776. The average molecular weight is 387 g/mol. The fourth-order valence-electron chi connectivity index (χ4n) is 4.09. The molecule has 0 radical (unpaired) electrons. The zero-order valence-corrected chi connectivity index (χ0v) is 16.6. The summed E-state index contributed by atoms with van der Waals surface area (Å²) in [5.41, 5.74) is 0.677. The number of hydrogen-bond acceptors (Lipinski definition) is 4. The number of carbonyl (C=O) groups is 3. The Labute approximate surface area is 166 Å². The highest BCUT2D eigenvalue weighted by atomic mass is 16.5. The molecule has 0 spiro atoms. The van der Waals surface area contributed by atoms with Crippen molar-refractivity contribution in [1.29, 1.82) is 0 Å². The van der Waals surface area contributed by atoms with E-state index in [1.807, 2.05) is 29.2 Å². The van der Waals surface area contributed by atoms with Gasteiger partial charge in [0.2, 0.25) is 17.7 Å². The minimum Gasteiger partial charge on any atom is -0.495 e. The highest BCUT2D eigenvalue weighted by molar-refractivity contribution is 5.94. The monoisotopic (exact) mass is 387 g/mol. The standard InChI is InChI=1S/C21H29N3O4/c1-15(25)23-11-13-24(14-12-23)21(27)17-9-7-16(8-10-17)20(26)22-18-5-3-4-6-19(18)28-2/h3-6,16-17H,7-14H2,1-2H3,(H,22,26). The number of benzene rings is 1. The van der Waals surface area contributed by atoms with Crippen LogP contribution < -0.4 is 10.1 Å². The fourth-order valence-corrected chi connectivity index (χ4v) is 4.09. The van der Waals surface area contributed by atoms with Crippen molar-refractivity contribution in [2.75, 3.05) is 38.6 Å². The Hall–Kier alpha value is -2.57. The molecule has 1 aromatic rings. The lowest BCUT2D eigenvalue weighted by Crippen LogP contribution is -2.51. The molecule has 0 atom stereocenters. The topological polar surface area (TPSA) is 79.0 Å². The van der Waals surface area contributed by atoms with E-state index >= 15 is 0 Å². The van der Waals surface area contributed by atoms with Crippen LogP contribution in [0, 0.1) is 11.8 Å². The van der Waals surface area contributed by atoms with Crippen LogP contribution in [0.1, 0.15) is 32.6 Å². The number of anilines is 1. The van der Waals surface area contributed by atoms with Crippen LogP contribution in [0.3, 0.4) is 0 Å². The van der Waals surface area contributed by atoms with E-state index in [2.05, 4.69) is 5.32 Å². The van der Waals surface area contributed by atoms with Gasteiger partial charge in [-0.05, 0) is 37.8 Å². The van der Waals surface area contributed by atoms with Crippen molar-refractivity contribution in [2.24, 2.45) is 11.8 Å². The molecule has 1 aliphatic carbocycles. The van der Waals surface area contributed by atoms with Gasteiger partial charge in [0.05, 0.1) is 12.8 Å². The van der Waals surface area contributed by atoms with Crippen molar-refractivity contribution < 1.29 is 19.1 Å². The summed E-state index contributed by atoms with van der Waals surface area (Å²) in [4.78, 5) is 40.5. The number of nitrogens with zero attached hydrogens (tertiary/aromatic N) is 2. The van der Waals surface area contributed by atoms with Gasteiger partial charge in [0, 0.05) is 44.9 Å². The second-order valence-corrected chi connectivity index (χ2v) is 7.57. The van der Waals surface area contributed by atoms with Gasteiger partial charge in [0.15, 0.2) is 0 Å². The van der Waals surface area contributed by atoms with E-state index in [4.69, 9.17) is 4.74 Å². The zero-order chi connectivity index (χ0) is 20.1. The number of rotatable bonds is 4. The molecule has 1 aliphatic heterocycles. The summed E-state index contributed by atoms with van der Waals surface area (Å²) in [6, 6.07) is 7.37. The summed E-state index contributed by atoms with van der Waals surface area (Å²) in [6.07, 6.45) is 2.89. The Kier molecular flexibility index (Phi) is 6.54. The lowest BCUT2D eigenvalue weighted by molar-refractivity contribution is -0.142. The maximum atomic E-state index is 12.8. The summed E-state index contributed by atoms with van der Waals surface area (Å²) >= 11 is 0. The smallest absolute Gasteiger partial charge is 0.227 e. The highest BCUT2D eigenvalue weighted by Gasteiger charge is 2.33. The molecule has 0 bridgehead atoms. The van der Waals surface area contributed by atoms with Crippen LogP contribution in [0.15, 0.2) is 24.3 Å². The molecule has 1 saturated heterocycles. The van der Waals surface area contributed by atoms with E-state index in [9.17, 15) is 14.4 Å². The minimum atomic E-state index is -0.0801. The number of methoxy groups -OCH3 is 1. The first-order chi connectivity index (χ1) is 13.5. The molecule has 3 amide bonds. The molecule has 1 aromatic carbocycles. The van der Waals surface area contributed by atoms with Gasteiger partial charge in [-0.25, -0.2) is 0 Å². The average Bonchev–Trinajstić information content (AvgIpc) is 2.73. The third-order valence-electron chi connectivity index (χ3n) is 5.85. The number of para-hydroxylation sites is 2. The molecule has 1 heterocycles. The number of amides is 3. The van der Waals surface area contributed by atoms with Gasteiger partial charge in [-0.1, -0.05) is 12.1 Å². The molecule has 7 nitrogen and oxygen atoms in total. The first-order valence-corrected chi connectivity index (χ1v) is 9.97. The molecule has 0 aromatic heterocycles. The van der Waals surface area contributed by atoms with E-state index in [1.54, 1.807) is 18.9 Å². The summed E-state index contributed by atoms with van der Waals surface area (Å²) in [7, 11) is 1.58. The summed E-state index contributed by atoms with van der Waals surface area (Å²) in [5, 5.41) is 2.96. The zero-order valence-electron chi connectivity index (χ0n) is 16.6. The van der Waals surface area contributed by atoms with E-state index < -0.39 is 0 Å². The lowest BCUT2D eigenvalue weighted by Gasteiger charge is -2.37. The Balaban J connectivity index is 1.48. The fraction of sp³-hybridized carbons (Fsp3) is 0.571. The van der Waals surface area contributed by atoms with E-state index in [1.165, 1.54) is 0 Å². The van der Waals surface area contributed by atoms with Gasteiger partial charge in [-0.15, -0.1) is 0 Å². The van der Waals surface area contributed by atoms with Gasteiger partial charge >= 0.3 is 0 Å². The maximum absolute atomic E-state index is 12.8. The summed E-state index contributed by atoms with van der Waals surface area (Å²) < 4.78 is 5.28. The molecule has 1 saturated carbocycles. The minimum absolute atomic E-state index is 0.00882. The van der Waals surface area contributed by atoms with E-state index in [0.29, 0.717) is 50.5 Å². The quantitative estimate of drug-likeness (QED) is 0.858. The lowest BCUT2D eigenvalue weighted by atomic mass is 9.80. The molecule has 2 fully saturated rings. The first-order valence-electron chi connectivity index (χ1n) is 9.97. The Bertz CT molecular complexity index is 720. The Morgan fingerprint density at radius 3 is 2.11 bits per heavy atom. The van der Waals surface area contributed by atoms with Crippen LogP contribution >= 0.6 is 0 Å². The Morgan fingerprint density at radius 1 is 0.929 bits per heavy atom. The third kappa shape index (κ3) is 4.64. The third-order valence-corrected chi connectivity index (χ3v) is 5.85.